The van der Waals surface area contributed by atoms with Gasteiger partial charge in [0.05, 0.1) is 33.8 Å². The summed E-state index contributed by atoms with van der Waals surface area (Å²) in [5, 5.41) is 3.05. The zero-order chi connectivity index (χ0) is 58.6. The van der Waals surface area contributed by atoms with Gasteiger partial charge in [0.1, 0.15) is 19.3 Å². The van der Waals surface area contributed by atoms with E-state index < -0.39 is 20.0 Å². The van der Waals surface area contributed by atoms with E-state index in [1.807, 2.05) is 33.3 Å². The second kappa shape index (κ2) is 58.9. The van der Waals surface area contributed by atoms with Crippen molar-refractivity contribution in [2.24, 2.45) is 0 Å². The molecule has 0 aromatic rings. The second-order valence-electron chi connectivity index (χ2n) is 22.9. The van der Waals surface area contributed by atoms with Gasteiger partial charge in [-0.1, -0.05) is 259 Å². The van der Waals surface area contributed by atoms with Gasteiger partial charge in [0.15, 0.2) is 0 Å². The average molecular weight is 1140 g/mol. The Morgan fingerprint density at radius 3 is 1.20 bits per heavy atom. The minimum absolute atomic E-state index is 0.0323. The number of ether oxygens (including phenoxy) is 1. The summed E-state index contributed by atoms with van der Waals surface area (Å²) >= 11 is 0. The molecule has 3 atom stereocenters. The van der Waals surface area contributed by atoms with Crippen molar-refractivity contribution in [3.8, 4) is 0 Å². The lowest BCUT2D eigenvalue weighted by atomic mass is 10.0. The van der Waals surface area contributed by atoms with Crippen LogP contribution in [0.1, 0.15) is 271 Å². The number of quaternary nitrogens is 1. The van der Waals surface area contributed by atoms with E-state index in [4.69, 9.17) is 13.8 Å². The Kier molecular flexibility index (Phi) is 56.4. The van der Waals surface area contributed by atoms with Crippen LogP contribution in [0.15, 0.2) is 109 Å². The van der Waals surface area contributed by atoms with E-state index in [0.717, 1.165) is 128 Å². The monoisotopic (exact) mass is 1140 g/mol. The molecule has 0 spiro atoms. The lowest BCUT2D eigenvalue weighted by Gasteiger charge is -2.27. The molecular weight excluding hydrogens is 1010 g/mol. The third-order valence-corrected chi connectivity index (χ3v) is 14.9. The first-order valence-corrected chi connectivity index (χ1v) is 34.2. The van der Waals surface area contributed by atoms with E-state index in [2.05, 4.69) is 123 Å². The highest BCUT2D eigenvalue weighted by Gasteiger charge is 2.30. The molecule has 0 aromatic carbocycles. The molecule has 2 N–H and O–H groups in total. The fraction of sp³-hybridized carbons (Fsp3) is 0.714. The summed E-state index contributed by atoms with van der Waals surface area (Å²) in [7, 11) is 1.47. The van der Waals surface area contributed by atoms with Crippen molar-refractivity contribution in [3.05, 3.63) is 109 Å². The number of esters is 1. The van der Waals surface area contributed by atoms with Crippen LogP contribution in [0.4, 0.5) is 0 Å². The molecule has 9 nitrogen and oxygen atoms in total. The predicted molar refractivity (Wildman–Crippen MR) is 346 cm³/mol. The van der Waals surface area contributed by atoms with Gasteiger partial charge in [-0.05, 0) is 109 Å². The van der Waals surface area contributed by atoms with Gasteiger partial charge < -0.3 is 19.4 Å². The van der Waals surface area contributed by atoms with E-state index in [1.54, 1.807) is 0 Å². The first-order valence-electron chi connectivity index (χ1n) is 32.7. The number of likely N-dealkylation sites (N-methyl/N-ethyl adjacent to an activating group) is 1. The van der Waals surface area contributed by atoms with Crippen LogP contribution in [0.5, 0.6) is 0 Å². The zero-order valence-electron chi connectivity index (χ0n) is 52.5. The summed E-state index contributed by atoms with van der Waals surface area (Å²) < 4.78 is 30.7. The van der Waals surface area contributed by atoms with Gasteiger partial charge >= 0.3 is 13.8 Å². The van der Waals surface area contributed by atoms with Crippen molar-refractivity contribution in [2.75, 3.05) is 40.9 Å². The normalized spacial score (nSPS) is 14.3. The highest BCUT2D eigenvalue weighted by atomic mass is 31.2. The molecule has 0 heterocycles. The first-order chi connectivity index (χ1) is 38.9. The van der Waals surface area contributed by atoms with Gasteiger partial charge in [0.2, 0.25) is 5.91 Å². The summed E-state index contributed by atoms with van der Waals surface area (Å²) in [4.78, 5) is 37.7. The number of hydrogen-bond donors (Lipinski definition) is 2. The number of nitrogens with one attached hydrogen (secondary N) is 1. The molecular formula is C70H124N2O7P+. The number of carbonyl (C=O) groups excluding carboxylic acids is 2. The highest BCUT2D eigenvalue weighted by molar-refractivity contribution is 7.47. The number of unbranched alkanes of at least 4 members (excludes halogenated alkanes) is 26. The molecule has 0 saturated carbocycles. The van der Waals surface area contributed by atoms with Crippen LogP contribution in [-0.2, 0) is 27.9 Å². The molecule has 0 saturated heterocycles. The van der Waals surface area contributed by atoms with Crippen molar-refractivity contribution < 1.29 is 37.3 Å². The number of hydrogen-bond acceptors (Lipinski definition) is 6. The summed E-state index contributed by atoms with van der Waals surface area (Å²) in [6, 6.07) is -0.862. The lowest BCUT2D eigenvalue weighted by molar-refractivity contribution is -0.870. The molecule has 0 rings (SSSR count). The maximum Gasteiger partial charge on any atom is 0.472 e. The fourth-order valence-corrected chi connectivity index (χ4v) is 9.72. The second-order valence-corrected chi connectivity index (χ2v) is 24.3. The van der Waals surface area contributed by atoms with Crippen molar-refractivity contribution >= 4 is 19.7 Å². The third-order valence-electron chi connectivity index (χ3n) is 14.0. The Hall–Kier alpha value is -3.33. The predicted octanol–water partition coefficient (Wildman–Crippen LogP) is 20.5. The van der Waals surface area contributed by atoms with Gasteiger partial charge in [-0.2, -0.15) is 0 Å². The van der Waals surface area contributed by atoms with Gasteiger partial charge in [0, 0.05) is 12.8 Å². The molecule has 10 heteroatoms. The molecule has 3 unspecified atom stereocenters. The molecule has 0 aliphatic carbocycles. The van der Waals surface area contributed by atoms with E-state index >= 15 is 0 Å². The number of phosphoric ester groups is 1. The number of carbonyl (C=O) groups is 2. The Morgan fingerprint density at radius 1 is 0.450 bits per heavy atom. The Balaban J connectivity index is 5.08. The van der Waals surface area contributed by atoms with E-state index in [1.165, 1.54) is 109 Å². The fourth-order valence-electron chi connectivity index (χ4n) is 8.98. The summed E-state index contributed by atoms with van der Waals surface area (Å²) in [5.74, 6) is -0.527. The molecule has 0 aliphatic heterocycles. The zero-order valence-corrected chi connectivity index (χ0v) is 53.4. The maximum atomic E-state index is 13.5. The molecule has 460 valence electrons. The largest absolute Gasteiger partial charge is 0.472 e. The summed E-state index contributed by atoms with van der Waals surface area (Å²) in [5.41, 5.74) is 0. The Morgan fingerprint density at radius 2 is 0.800 bits per heavy atom. The molecule has 0 radical (unpaired) electrons. The number of nitrogens with zero attached hydrogens (tertiary/aromatic N) is 1. The molecule has 0 bridgehead atoms. The molecule has 0 aromatic heterocycles. The quantitative estimate of drug-likeness (QED) is 0.0205. The Bertz CT molecular complexity index is 1740. The van der Waals surface area contributed by atoms with Crippen LogP contribution >= 0.6 is 7.82 Å². The van der Waals surface area contributed by atoms with Crippen molar-refractivity contribution in [2.45, 2.75) is 283 Å². The maximum absolute atomic E-state index is 13.5. The standard InChI is InChI=1S/C70H123N2O7P/c1-7-10-13-16-19-22-25-27-29-31-32-33-34-35-36-37-38-39-40-41-43-45-48-51-54-57-60-63-70(74)79-68(61-58-55-52-49-46-24-21-18-15-12-9-3)67(66-78-80(75,76)77-65-64-72(4,5)6)71-69(73)62-59-56-53-50-47-44-42-30-28-26-23-20-17-14-11-8-2/h10-11,13-14,19-20,22-23,27-30,32-33,35-36,58,61,67-68H,7-9,12,15-18,21,24-26,31,34,37-57,59-60,62-66H2,1-6H3,(H-,71,73,75,76)/p+1/b13-10-,14-11+,22-19-,23-20+,29-27-,30-28+,33-32-,36-35-,61-58-. The van der Waals surface area contributed by atoms with Gasteiger partial charge in [-0.15, -0.1) is 0 Å². The summed E-state index contributed by atoms with van der Waals surface area (Å²) in [6.07, 6.45) is 80.9. The first kappa shape index (κ1) is 76.7. The van der Waals surface area contributed by atoms with Crippen molar-refractivity contribution in [1.82, 2.24) is 5.32 Å². The van der Waals surface area contributed by atoms with Crippen molar-refractivity contribution in [1.29, 1.82) is 0 Å². The third kappa shape index (κ3) is 59.3. The molecule has 0 aliphatic rings. The smallest absolute Gasteiger partial charge is 0.456 e. The Labute approximate surface area is 493 Å². The van der Waals surface area contributed by atoms with E-state index in [9.17, 15) is 19.0 Å². The van der Waals surface area contributed by atoms with Crippen LogP contribution in [0.25, 0.3) is 0 Å². The topological polar surface area (TPSA) is 111 Å². The molecule has 80 heavy (non-hydrogen) atoms. The van der Waals surface area contributed by atoms with Crippen LogP contribution in [-0.4, -0.2) is 74.3 Å². The SMILES string of the molecule is CC/C=C\C/C=C\C/C=C\C/C=C\C/C=C\CCCCCCCCCCCCCC(=O)OC(/C=C\CCCCCCCCCCC)C(COP(=O)(O)OCC[N+](C)(C)C)NC(=O)CCCCCCCC/C=C/C/C=C/C/C=C/CC. The number of phosphoric acid groups is 1. The minimum atomic E-state index is -4.46. The van der Waals surface area contributed by atoms with Crippen LogP contribution in [0, 0.1) is 0 Å². The van der Waals surface area contributed by atoms with Crippen LogP contribution in [0.3, 0.4) is 0 Å². The number of rotatable bonds is 58. The van der Waals surface area contributed by atoms with Crippen LogP contribution in [0.2, 0.25) is 0 Å². The lowest BCUT2D eigenvalue weighted by Crippen LogP contribution is -2.47. The van der Waals surface area contributed by atoms with Gasteiger partial charge in [-0.3, -0.25) is 18.6 Å². The number of amides is 1. The average Bonchev–Trinajstić information content (AvgIpc) is 3.43. The van der Waals surface area contributed by atoms with Gasteiger partial charge in [0.25, 0.3) is 0 Å². The van der Waals surface area contributed by atoms with Gasteiger partial charge in [-0.25, -0.2) is 4.57 Å². The van der Waals surface area contributed by atoms with E-state index in [-0.39, 0.29) is 31.5 Å². The molecule has 1 amide bonds. The number of allylic oxidation sites excluding steroid dienone is 17. The van der Waals surface area contributed by atoms with E-state index in [0.29, 0.717) is 17.4 Å². The van der Waals surface area contributed by atoms with Crippen molar-refractivity contribution in [3.63, 3.8) is 0 Å². The molecule has 0 fully saturated rings. The summed E-state index contributed by atoms with van der Waals surface area (Å²) in [6.45, 7) is 6.77. The highest BCUT2D eigenvalue weighted by Crippen LogP contribution is 2.43. The minimum Gasteiger partial charge on any atom is -0.456 e. The van der Waals surface area contributed by atoms with Crippen LogP contribution < -0.4 is 5.32 Å².